The van der Waals surface area contributed by atoms with Crippen LogP contribution in [0.1, 0.15) is 32.8 Å². The van der Waals surface area contributed by atoms with E-state index in [-0.39, 0.29) is 18.5 Å². The van der Waals surface area contributed by atoms with Crippen LogP contribution in [0.15, 0.2) is 48.5 Å². The van der Waals surface area contributed by atoms with Gasteiger partial charge in [0.25, 0.3) is 5.19 Å². The molecule has 2 aliphatic rings. The van der Waals surface area contributed by atoms with Gasteiger partial charge in [0.15, 0.2) is 0 Å². The number of nitrogens with zero attached hydrogens (tertiary/aromatic N) is 3. The summed E-state index contributed by atoms with van der Waals surface area (Å²) in [4.78, 5) is 33.3. The highest BCUT2D eigenvalue weighted by molar-refractivity contribution is 7.20. The zero-order valence-corrected chi connectivity index (χ0v) is 21.0. The molecule has 184 valence electrons. The minimum Gasteiger partial charge on any atom is -0.444 e. The van der Waals surface area contributed by atoms with Gasteiger partial charge >= 0.3 is 6.09 Å². The van der Waals surface area contributed by atoms with Gasteiger partial charge in [-0.1, -0.05) is 35.6 Å². The molecule has 0 radical (unpaired) electrons. The summed E-state index contributed by atoms with van der Waals surface area (Å²) in [5.41, 5.74) is 1.57. The molecule has 2 unspecified atom stereocenters. The number of aromatic nitrogens is 1. The van der Waals surface area contributed by atoms with Crippen molar-refractivity contribution in [3.63, 3.8) is 0 Å². The van der Waals surface area contributed by atoms with Crippen LogP contribution >= 0.6 is 11.3 Å². The number of alkyl carbamates (subject to hydrolysis) is 1. The molecule has 1 N–H and O–H groups in total. The lowest BCUT2D eigenvalue weighted by Crippen LogP contribution is -2.51. The Morgan fingerprint density at radius 2 is 1.86 bits per heavy atom. The Labute approximate surface area is 208 Å². The molecule has 2 aliphatic heterocycles. The number of hydrogen-bond acceptors (Lipinski definition) is 7. The minimum absolute atomic E-state index is 0.0335. The summed E-state index contributed by atoms with van der Waals surface area (Å²) in [5, 5.41) is 3.22. The summed E-state index contributed by atoms with van der Waals surface area (Å²) in [5.74, 6) is 0.712. The number of para-hydroxylation sites is 1. The van der Waals surface area contributed by atoms with Gasteiger partial charge in [-0.15, -0.1) is 0 Å². The standard InChI is InChI=1S/C26H30N4O4S/c1-26(2,3)34-24(32)27-13-23(31)30-16-18-12-19(30)15-29(18)14-17-8-10-20(11-9-17)33-25-28-21-6-4-5-7-22(21)35-25/h4-11,18-19H,12-16H2,1-3H3,(H,27,32). The summed E-state index contributed by atoms with van der Waals surface area (Å²) in [6, 6.07) is 16.7. The van der Waals surface area contributed by atoms with E-state index in [1.54, 1.807) is 20.8 Å². The first kappa shape index (κ1) is 23.6. The molecule has 2 atom stereocenters. The first-order chi connectivity index (χ1) is 16.7. The number of rotatable bonds is 6. The number of likely N-dealkylation sites (tertiary alicyclic amines) is 2. The molecular weight excluding hydrogens is 464 g/mol. The van der Waals surface area contributed by atoms with Gasteiger partial charge in [-0.25, -0.2) is 9.78 Å². The molecular formula is C26H30N4O4S. The van der Waals surface area contributed by atoms with Crippen LogP contribution in [-0.2, 0) is 16.1 Å². The van der Waals surface area contributed by atoms with E-state index in [9.17, 15) is 9.59 Å². The molecule has 2 fully saturated rings. The first-order valence-corrected chi connectivity index (χ1v) is 12.7. The Bertz CT molecular complexity index is 1190. The van der Waals surface area contributed by atoms with Crippen LogP contribution in [0.4, 0.5) is 4.79 Å². The van der Waals surface area contributed by atoms with E-state index < -0.39 is 11.7 Å². The van der Waals surface area contributed by atoms with Crippen molar-refractivity contribution in [1.29, 1.82) is 0 Å². The largest absolute Gasteiger partial charge is 0.444 e. The van der Waals surface area contributed by atoms with Gasteiger partial charge in [-0.3, -0.25) is 9.69 Å². The molecule has 3 aromatic rings. The molecule has 35 heavy (non-hydrogen) atoms. The number of thiazole rings is 1. The number of ether oxygens (including phenoxy) is 2. The average Bonchev–Trinajstić information content (AvgIpc) is 3.51. The van der Waals surface area contributed by atoms with Gasteiger partial charge in [-0.05, 0) is 57.0 Å². The van der Waals surface area contributed by atoms with Crippen molar-refractivity contribution >= 4 is 33.6 Å². The Kier molecular flexibility index (Phi) is 6.37. The number of nitrogens with one attached hydrogen (secondary N) is 1. The third-order valence-electron chi connectivity index (χ3n) is 6.25. The van der Waals surface area contributed by atoms with Gasteiger partial charge in [0, 0.05) is 31.7 Å². The number of fused-ring (bicyclic) bond motifs is 3. The van der Waals surface area contributed by atoms with Crippen LogP contribution in [0.2, 0.25) is 0 Å². The molecule has 0 saturated carbocycles. The van der Waals surface area contributed by atoms with E-state index >= 15 is 0 Å². The normalized spacial score (nSPS) is 19.8. The van der Waals surface area contributed by atoms with E-state index in [4.69, 9.17) is 9.47 Å². The molecule has 2 aromatic carbocycles. The average molecular weight is 495 g/mol. The second-order valence-corrected chi connectivity index (χ2v) is 11.1. The Hall–Kier alpha value is -3.17. The third kappa shape index (κ3) is 5.57. The van der Waals surface area contributed by atoms with Crippen LogP contribution in [0.25, 0.3) is 10.2 Å². The maximum absolute atomic E-state index is 12.6. The summed E-state index contributed by atoms with van der Waals surface area (Å²) >= 11 is 1.54. The molecule has 1 aromatic heterocycles. The molecule has 8 nitrogen and oxygen atoms in total. The predicted molar refractivity (Wildman–Crippen MR) is 135 cm³/mol. The van der Waals surface area contributed by atoms with Gasteiger partial charge in [-0.2, -0.15) is 0 Å². The fraction of sp³-hybridized carbons (Fsp3) is 0.423. The van der Waals surface area contributed by atoms with E-state index in [0.717, 1.165) is 35.5 Å². The van der Waals surface area contributed by atoms with Gasteiger partial charge < -0.3 is 19.7 Å². The van der Waals surface area contributed by atoms with E-state index in [2.05, 4.69) is 27.3 Å². The first-order valence-electron chi connectivity index (χ1n) is 11.9. The highest BCUT2D eigenvalue weighted by atomic mass is 32.1. The van der Waals surface area contributed by atoms with Crippen molar-refractivity contribution in [1.82, 2.24) is 20.1 Å². The number of carbonyl (C=O) groups excluding carboxylic acids is 2. The SMILES string of the molecule is CC(C)(C)OC(=O)NCC(=O)N1CC2CC1CN2Cc1ccc(Oc2nc3ccccc3s2)cc1. The van der Waals surface area contributed by atoms with Crippen molar-refractivity contribution < 1.29 is 19.1 Å². The Morgan fingerprint density at radius 3 is 2.54 bits per heavy atom. The number of piperazine rings is 1. The molecule has 3 heterocycles. The van der Waals surface area contributed by atoms with Crippen molar-refractivity contribution in [3.8, 4) is 10.9 Å². The number of benzene rings is 2. The van der Waals surface area contributed by atoms with E-state index in [1.165, 1.54) is 16.9 Å². The van der Waals surface area contributed by atoms with Gasteiger partial charge in [0.05, 0.1) is 10.2 Å². The van der Waals surface area contributed by atoms with Gasteiger partial charge in [0.2, 0.25) is 5.91 Å². The van der Waals surface area contributed by atoms with Crippen LogP contribution in [0, 0.1) is 0 Å². The lowest BCUT2D eigenvalue weighted by atomic mass is 10.2. The van der Waals surface area contributed by atoms with Crippen molar-refractivity contribution in [2.45, 2.75) is 51.4 Å². The molecule has 9 heteroatoms. The lowest BCUT2D eigenvalue weighted by molar-refractivity contribution is -0.132. The zero-order valence-electron chi connectivity index (χ0n) is 20.2. The summed E-state index contributed by atoms with van der Waals surface area (Å²) in [6.07, 6.45) is 0.407. The molecule has 5 rings (SSSR count). The molecule has 2 amide bonds. The van der Waals surface area contributed by atoms with Crippen LogP contribution < -0.4 is 10.1 Å². The molecule has 2 bridgehead atoms. The fourth-order valence-electron chi connectivity index (χ4n) is 4.70. The number of hydrogen-bond donors (Lipinski definition) is 1. The zero-order chi connectivity index (χ0) is 24.6. The van der Waals surface area contributed by atoms with Crippen molar-refractivity contribution in [3.05, 3.63) is 54.1 Å². The fourth-order valence-corrected chi connectivity index (χ4v) is 5.54. The Morgan fingerprint density at radius 1 is 1.09 bits per heavy atom. The molecule has 0 spiro atoms. The molecule has 2 saturated heterocycles. The summed E-state index contributed by atoms with van der Waals surface area (Å²) < 4.78 is 12.3. The summed E-state index contributed by atoms with van der Waals surface area (Å²) in [7, 11) is 0. The van der Waals surface area contributed by atoms with Crippen molar-refractivity contribution in [2.24, 2.45) is 0 Å². The monoisotopic (exact) mass is 494 g/mol. The van der Waals surface area contributed by atoms with Crippen LogP contribution in [0.5, 0.6) is 10.9 Å². The Balaban J connectivity index is 1.10. The second-order valence-electron chi connectivity index (χ2n) is 10.1. The topological polar surface area (TPSA) is 84.0 Å². The molecule has 0 aliphatic carbocycles. The second kappa shape index (κ2) is 9.47. The lowest BCUT2D eigenvalue weighted by Gasteiger charge is -2.34. The van der Waals surface area contributed by atoms with E-state index in [0.29, 0.717) is 17.8 Å². The minimum atomic E-state index is -0.583. The highest BCUT2D eigenvalue weighted by Gasteiger charge is 2.44. The quantitative estimate of drug-likeness (QED) is 0.547. The summed E-state index contributed by atoms with van der Waals surface area (Å²) in [6.45, 7) is 7.73. The van der Waals surface area contributed by atoms with Crippen LogP contribution in [-0.4, -0.2) is 64.1 Å². The smallest absolute Gasteiger partial charge is 0.408 e. The maximum atomic E-state index is 12.6. The highest BCUT2D eigenvalue weighted by Crippen LogP contribution is 2.33. The maximum Gasteiger partial charge on any atom is 0.408 e. The van der Waals surface area contributed by atoms with Gasteiger partial charge in [0.1, 0.15) is 17.9 Å². The van der Waals surface area contributed by atoms with Crippen LogP contribution in [0.3, 0.4) is 0 Å². The predicted octanol–water partition coefficient (Wildman–Crippen LogP) is 4.40. The van der Waals surface area contributed by atoms with Crippen molar-refractivity contribution in [2.75, 3.05) is 19.6 Å². The number of amides is 2. The van der Waals surface area contributed by atoms with E-state index in [1.807, 2.05) is 41.3 Å². The third-order valence-corrected chi connectivity index (χ3v) is 7.16. The number of carbonyl (C=O) groups is 2.